The molecule has 2 aromatic carbocycles. The summed E-state index contributed by atoms with van der Waals surface area (Å²) in [5, 5.41) is 5.50. The van der Waals surface area contributed by atoms with E-state index in [2.05, 4.69) is 72.3 Å². The summed E-state index contributed by atoms with van der Waals surface area (Å²) in [4.78, 5) is 0. The van der Waals surface area contributed by atoms with E-state index in [9.17, 15) is 0 Å². The lowest BCUT2D eigenvalue weighted by molar-refractivity contribution is 1.46. The van der Waals surface area contributed by atoms with Crippen LogP contribution >= 0.6 is 20.7 Å². The molecule has 17 heavy (non-hydrogen) atoms. The molecule has 0 spiro atoms. The number of hydrogen-bond donors (Lipinski definition) is 1. The van der Waals surface area contributed by atoms with Crippen LogP contribution in [0, 0.1) is 15.9 Å². The Balaban J connectivity index is 0.000000686. The molecule has 0 radical (unpaired) electrons. The molecule has 0 atom stereocenters. The monoisotopic (exact) mass is 337 g/mol. The van der Waals surface area contributed by atoms with Gasteiger partial charge in [-0.15, -0.1) is 0 Å². The summed E-state index contributed by atoms with van der Waals surface area (Å²) in [6.07, 6.45) is 0. The quantitative estimate of drug-likeness (QED) is 0.626. The fraction of sp³-hybridized carbons (Fsp3) is 0.0667. The fourth-order valence-corrected chi connectivity index (χ4v) is 3.54. The van der Waals surface area contributed by atoms with E-state index < -0.39 is 0 Å². The molecular weight excluding hydrogens is 321 g/mol. The highest BCUT2D eigenvalue weighted by Crippen LogP contribution is 2.13. The summed E-state index contributed by atoms with van der Waals surface area (Å²) >= 11 is 0.00636. The van der Waals surface area contributed by atoms with E-state index in [4.69, 9.17) is 5.41 Å². The zero-order chi connectivity index (χ0) is 12.5. The molecule has 0 fully saturated rings. The third-order valence-electron chi connectivity index (χ3n) is 2.22. The standard InChI is InChI=1S/C14H13I.CH3N/c1-12-7-5-6-8-13(12)11-15-14-9-3-2-4-10-14;1-2/h2-11H,1H3;2H,1H2. The van der Waals surface area contributed by atoms with Gasteiger partial charge in [0.05, 0.1) is 0 Å². The predicted octanol–water partition coefficient (Wildman–Crippen LogP) is 4.25. The molecule has 0 saturated carbocycles. The summed E-state index contributed by atoms with van der Waals surface area (Å²) in [5.41, 5.74) is 2.75. The maximum Gasteiger partial charge on any atom is 0.00771 e. The minimum absolute atomic E-state index is 0.00636. The van der Waals surface area contributed by atoms with Gasteiger partial charge in [0, 0.05) is 3.57 Å². The Morgan fingerprint density at radius 3 is 2.18 bits per heavy atom. The number of benzene rings is 2. The summed E-state index contributed by atoms with van der Waals surface area (Å²) in [6.45, 7) is 4.67. The molecule has 0 bridgehead atoms. The number of halogens is 1. The molecule has 0 aliphatic rings. The SMILES string of the molecule is C=N.Cc1ccccc1C=Ic1ccccc1. The van der Waals surface area contributed by atoms with E-state index in [1.54, 1.807) is 0 Å². The summed E-state index contributed by atoms with van der Waals surface area (Å²) in [7, 11) is 0. The van der Waals surface area contributed by atoms with Gasteiger partial charge < -0.3 is 5.41 Å². The highest BCUT2D eigenvalue weighted by atomic mass is 127. The number of rotatable bonds is 2. The number of nitrogens with one attached hydrogen (secondary N) is 1. The van der Waals surface area contributed by atoms with Crippen molar-refractivity contribution in [3.05, 3.63) is 69.3 Å². The Kier molecular flexibility index (Phi) is 6.40. The highest BCUT2D eigenvalue weighted by molar-refractivity contribution is 14.2. The molecule has 0 saturated heterocycles. The average molecular weight is 337 g/mol. The van der Waals surface area contributed by atoms with E-state index in [1.807, 2.05) is 0 Å². The van der Waals surface area contributed by atoms with E-state index in [1.165, 1.54) is 14.7 Å². The van der Waals surface area contributed by atoms with Crippen molar-refractivity contribution in [3.63, 3.8) is 0 Å². The normalized spacial score (nSPS) is 10.2. The maximum absolute atomic E-state index is 5.50. The van der Waals surface area contributed by atoms with Gasteiger partial charge in [-0.05, 0) is 40.9 Å². The van der Waals surface area contributed by atoms with Crippen LogP contribution in [0.15, 0.2) is 54.6 Å². The van der Waals surface area contributed by atoms with Crippen molar-refractivity contribution in [1.82, 2.24) is 0 Å². The summed E-state index contributed by atoms with van der Waals surface area (Å²) in [5.74, 6) is 0. The van der Waals surface area contributed by atoms with E-state index in [-0.39, 0.29) is 20.7 Å². The van der Waals surface area contributed by atoms with Crippen LogP contribution in [0.2, 0.25) is 0 Å². The molecule has 0 aliphatic carbocycles. The Labute approximate surface area is 113 Å². The van der Waals surface area contributed by atoms with Crippen molar-refractivity contribution in [3.8, 4) is 0 Å². The second-order valence-corrected chi connectivity index (χ2v) is 5.86. The van der Waals surface area contributed by atoms with Gasteiger partial charge in [0.2, 0.25) is 0 Å². The molecule has 0 amide bonds. The second kappa shape index (κ2) is 7.90. The van der Waals surface area contributed by atoms with Crippen LogP contribution in [0.4, 0.5) is 0 Å². The summed E-state index contributed by atoms with van der Waals surface area (Å²) < 4.78 is 3.86. The Morgan fingerprint density at radius 1 is 0.941 bits per heavy atom. The minimum atomic E-state index is 0.00636. The first-order valence-electron chi connectivity index (χ1n) is 5.29. The first kappa shape index (κ1) is 13.8. The molecule has 2 heteroatoms. The molecule has 0 unspecified atom stereocenters. The van der Waals surface area contributed by atoms with Gasteiger partial charge in [-0.1, -0.05) is 63.2 Å². The van der Waals surface area contributed by atoms with E-state index >= 15 is 0 Å². The third kappa shape index (κ3) is 4.61. The molecule has 2 rings (SSSR count). The van der Waals surface area contributed by atoms with Crippen LogP contribution in [-0.2, 0) is 0 Å². The van der Waals surface area contributed by atoms with Gasteiger partial charge in [0.25, 0.3) is 0 Å². The maximum atomic E-state index is 5.50. The van der Waals surface area contributed by atoms with Crippen molar-refractivity contribution in [2.45, 2.75) is 6.92 Å². The zero-order valence-corrected chi connectivity index (χ0v) is 12.0. The van der Waals surface area contributed by atoms with Crippen LogP contribution < -0.4 is 0 Å². The van der Waals surface area contributed by atoms with Gasteiger partial charge in [-0.2, -0.15) is 0 Å². The molecular formula is C15H16IN. The topological polar surface area (TPSA) is 23.9 Å². The van der Waals surface area contributed by atoms with Crippen molar-refractivity contribution in [2.24, 2.45) is 0 Å². The average Bonchev–Trinajstić information content (AvgIpc) is 2.41. The van der Waals surface area contributed by atoms with Crippen molar-refractivity contribution < 1.29 is 0 Å². The van der Waals surface area contributed by atoms with Crippen LogP contribution in [0.5, 0.6) is 0 Å². The molecule has 0 aliphatic heterocycles. The molecule has 0 aromatic heterocycles. The largest absolute Gasteiger partial charge is 0.317 e. The Hall–Kier alpha value is -1.29. The van der Waals surface area contributed by atoms with Crippen LogP contribution in [-0.4, -0.2) is 10.7 Å². The van der Waals surface area contributed by atoms with E-state index in [0.29, 0.717) is 0 Å². The lowest BCUT2D eigenvalue weighted by Gasteiger charge is -1.97. The molecule has 0 heterocycles. The lowest BCUT2D eigenvalue weighted by Crippen LogP contribution is -1.83. The second-order valence-electron chi connectivity index (χ2n) is 3.37. The van der Waals surface area contributed by atoms with Crippen LogP contribution in [0.1, 0.15) is 11.1 Å². The highest BCUT2D eigenvalue weighted by Gasteiger charge is 1.91. The third-order valence-corrected chi connectivity index (χ3v) is 4.64. The lowest BCUT2D eigenvalue weighted by atomic mass is 10.1. The van der Waals surface area contributed by atoms with Crippen molar-refractivity contribution in [1.29, 1.82) is 5.41 Å². The first-order valence-corrected chi connectivity index (χ1v) is 7.61. The summed E-state index contributed by atoms with van der Waals surface area (Å²) in [6, 6.07) is 19.3. The van der Waals surface area contributed by atoms with Gasteiger partial charge in [-0.3, -0.25) is 0 Å². The van der Waals surface area contributed by atoms with E-state index in [0.717, 1.165) is 0 Å². The fourth-order valence-electron chi connectivity index (χ4n) is 1.32. The molecule has 2 aromatic rings. The predicted molar refractivity (Wildman–Crippen MR) is 85.3 cm³/mol. The minimum Gasteiger partial charge on any atom is -0.317 e. The van der Waals surface area contributed by atoms with Crippen LogP contribution in [0.3, 0.4) is 0 Å². The zero-order valence-electron chi connectivity index (χ0n) is 9.86. The number of aryl methyl sites for hydroxylation is 1. The van der Waals surface area contributed by atoms with Crippen molar-refractivity contribution in [2.75, 3.05) is 0 Å². The molecule has 1 nitrogen and oxygen atoms in total. The Bertz CT molecular complexity index is 477. The Morgan fingerprint density at radius 2 is 1.53 bits per heavy atom. The number of hydrogen-bond acceptors (Lipinski definition) is 1. The first-order chi connectivity index (χ1) is 8.36. The van der Waals surface area contributed by atoms with Gasteiger partial charge >= 0.3 is 0 Å². The van der Waals surface area contributed by atoms with Crippen molar-refractivity contribution >= 4 is 31.5 Å². The van der Waals surface area contributed by atoms with Gasteiger partial charge in [0.15, 0.2) is 0 Å². The van der Waals surface area contributed by atoms with Crippen LogP contribution in [0.25, 0.3) is 0 Å². The molecule has 1 N–H and O–H groups in total. The smallest absolute Gasteiger partial charge is 0.00771 e. The van der Waals surface area contributed by atoms with Gasteiger partial charge in [-0.25, -0.2) is 0 Å². The molecule has 88 valence electrons. The van der Waals surface area contributed by atoms with Gasteiger partial charge in [0.1, 0.15) is 0 Å².